The molecule has 1 saturated heterocycles. The predicted molar refractivity (Wildman–Crippen MR) is 115 cm³/mol. The second-order valence-electron chi connectivity index (χ2n) is 9.24. The molecule has 0 aromatic heterocycles. The summed E-state index contributed by atoms with van der Waals surface area (Å²) < 4.78 is 5.42. The molecule has 2 bridgehead atoms. The maximum Gasteiger partial charge on any atom is 0.311 e. The fraction of sp³-hybridized carbons (Fsp3) is 0.640. The normalized spacial score (nSPS) is 27.0. The van der Waals surface area contributed by atoms with Gasteiger partial charge in [-0.25, -0.2) is 0 Å². The van der Waals surface area contributed by atoms with Crippen molar-refractivity contribution in [2.45, 2.75) is 77.6 Å². The molecule has 2 aliphatic carbocycles. The highest BCUT2D eigenvalue weighted by atomic mass is 16.5. The first-order chi connectivity index (χ1) is 14.6. The monoisotopic (exact) mass is 411 g/mol. The van der Waals surface area contributed by atoms with Gasteiger partial charge in [-0.05, 0) is 61.8 Å². The number of nitrogens with zero attached hydrogens (tertiary/aromatic N) is 1. The number of anilines is 1. The van der Waals surface area contributed by atoms with Crippen LogP contribution in [-0.2, 0) is 14.4 Å². The van der Waals surface area contributed by atoms with Crippen LogP contribution in [0.25, 0.3) is 0 Å². The van der Waals surface area contributed by atoms with E-state index in [1.807, 2.05) is 0 Å². The number of ether oxygens (including phenoxy) is 1. The fourth-order valence-corrected chi connectivity index (χ4v) is 5.74. The number of carbonyl (C=O) groups is 3. The summed E-state index contributed by atoms with van der Waals surface area (Å²) in [6.45, 7) is 2.21. The van der Waals surface area contributed by atoms with E-state index in [2.05, 4.69) is 6.92 Å². The maximum atomic E-state index is 12.9. The van der Waals surface area contributed by atoms with Crippen LogP contribution in [0, 0.1) is 23.7 Å². The molecule has 0 spiro atoms. The number of unbranched alkanes of at least 4 members (excludes halogenated alkanes) is 6. The van der Waals surface area contributed by atoms with E-state index in [1.165, 1.54) is 37.0 Å². The summed E-state index contributed by atoms with van der Waals surface area (Å²) in [6.07, 6.45) is 11.7. The Kier molecular flexibility index (Phi) is 6.55. The molecule has 0 radical (unpaired) electrons. The van der Waals surface area contributed by atoms with Crippen molar-refractivity contribution in [1.29, 1.82) is 0 Å². The highest BCUT2D eigenvalue weighted by Gasteiger charge is 2.61. The molecule has 1 aromatic rings. The fourth-order valence-electron chi connectivity index (χ4n) is 5.74. The Morgan fingerprint density at radius 1 is 0.900 bits per heavy atom. The van der Waals surface area contributed by atoms with Gasteiger partial charge in [-0.15, -0.1) is 0 Å². The number of fused-ring (bicyclic) bond motifs is 5. The van der Waals surface area contributed by atoms with Gasteiger partial charge in [0.2, 0.25) is 11.8 Å². The molecular weight excluding hydrogens is 378 g/mol. The van der Waals surface area contributed by atoms with Crippen molar-refractivity contribution >= 4 is 23.5 Å². The summed E-state index contributed by atoms with van der Waals surface area (Å²) in [7, 11) is 0. The van der Waals surface area contributed by atoms with Gasteiger partial charge in [0, 0.05) is 6.42 Å². The Balaban J connectivity index is 1.26. The average molecular weight is 412 g/mol. The molecule has 4 rings (SSSR count). The van der Waals surface area contributed by atoms with Crippen LogP contribution >= 0.6 is 0 Å². The van der Waals surface area contributed by atoms with Gasteiger partial charge < -0.3 is 4.74 Å². The minimum Gasteiger partial charge on any atom is -0.427 e. The van der Waals surface area contributed by atoms with Crippen molar-refractivity contribution in [3.63, 3.8) is 0 Å². The molecule has 1 aliphatic heterocycles. The molecule has 30 heavy (non-hydrogen) atoms. The van der Waals surface area contributed by atoms with Crippen molar-refractivity contribution in [2.24, 2.45) is 23.7 Å². The van der Waals surface area contributed by atoms with Crippen LogP contribution in [0.5, 0.6) is 5.75 Å². The second-order valence-corrected chi connectivity index (χ2v) is 9.24. The zero-order valence-corrected chi connectivity index (χ0v) is 18.0. The summed E-state index contributed by atoms with van der Waals surface area (Å²) in [5, 5.41) is 0. The molecule has 162 valence electrons. The zero-order valence-electron chi connectivity index (χ0n) is 18.0. The van der Waals surface area contributed by atoms with Crippen LogP contribution in [0.1, 0.15) is 77.6 Å². The van der Waals surface area contributed by atoms with E-state index in [9.17, 15) is 14.4 Å². The lowest BCUT2D eigenvalue weighted by molar-refractivity contribution is -0.134. The van der Waals surface area contributed by atoms with E-state index in [-0.39, 0.29) is 29.6 Å². The zero-order chi connectivity index (χ0) is 21.1. The van der Waals surface area contributed by atoms with Crippen molar-refractivity contribution < 1.29 is 19.1 Å². The van der Waals surface area contributed by atoms with Crippen molar-refractivity contribution in [3.8, 4) is 5.75 Å². The van der Waals surface area contributed by atoms with Crippen molar-refractivity contribution in [1.82, 2.24) is 0 Å². The first-order valence-corrected chi connectivity index (χ1v) is 11.8. The Morgan fingerprint density at radius 2 is 1.47 bits per heavy atom. The number of esters is 1. The second kappa shape index (κ2) is 9.32. The van der Waals surface area contributed by atoms with E-state index < -0.39 is 0 Å². The van der Waals surface area contributed by atoms with Crippen molar-refractivity contribution in [2.75, 3.05) is 4.90 Å². The lowest BCUT2D eigenvalue weighted by Gasteiger charge is -2.19. The van der Waals surface area contributed by atoms with Crippen LogP contribution in [-0.4, -0.2) is 17.8 Å². The third-order valence-corrected chi connectivity index (χ3v) is 7.24. The minimum absolute atomic E-state index is 0.0409. The molecule has 2 amide bonds. The van der Waals surface area contributed by atoms with Gasteiger partial charge in [-0.3, -0.25) is 19.3 Å². The predicted octanol–water partition coefficient (Wildman–Crippen LogP) is 5.27. The summed E-state index contributed by atoms with van der Waals surface area (Å²) >= 11 is 0. The number of benzene rings is 1. The Bertz CT molecular complexity index is 759. The van der Waals surface area contributed by atoms with E-state index in [4.69, 9.17) is 4.74 Å². The summed E-state index contributed by atoms with van der Waals surface area (Å²) in [4.78, 5) is 39.2. The molecule has 3 aliphatic rings. The topological polar surface area (TPSA) is 63.7 Å². The molecule has 5 heteroatoms. The lowest BCUT2D eigenvalue weighted by Crippen LogP contribution is -2.32. The van der Waals surface area contributed by atoms with E-state index in [0.717, 1.165) is 32.1 Å². The summed E-state index contributed by atoms with van der Waals surface area (Å²) in [6, 6.07) is 6.80. The Labute approximate surface area is 179 Å². The van der Waals surface area contributed by atoms with Crippen molar-refractivity contribution in [3.05, 3.63) is 24.3 Å². The Morgan fingerprint density at radius 3 is 2.07 bits per heavy atom. The molecule has 1 heterocycles. The first kappa shape index (κ1) is 21.1. The van der Waals surface area contributed by atoms with Gasteiger partial charge in [0.05, 0.1) is 17.5 Å². The summed E-state index contributed by atoms with van der Waals surface area (Å²) in [5.41, 5.74) is 0.589. The van der Waals surface area contributed by atoms with E-state index in [0.29, 0.717) is 29.7 Å². The highest BCUT2D eigenvalue weighted by Crippen LogP contribution is 2.56. The van der Waals surface area contributed by atoms with Gasteiger partial charge in [-0.2, -0.15) is 0 Å². The first-order valence-electron chi connectivity index (χ1n) is 11.8. The van der Waals surface area contributed by atoms with Gasteiger partial charge in [0.1, 0.15) is 5.75 Å². The molecule has 1 aromatic carbocycles. The van der Waals surface area contributed by atoms with E-state index in [1.54, 1.807) is 24.3 Å². The third-order valence-electron chi connectivity index (χ3n) is 7.24. The van der Waals surface area contributed by atoms with Crippen LogP contribution in [0.15, 0.2) is 24.3 Å². The molecule has 4 atom stereocenters. The quantitative estimate of drug-likeness (QED) is 0.228. The molecular formula is C25H33NO4. The summed E-state index contributed by atoms with van der Waals surface area (Å²) in [5.74, 6) is 0.691. The number of hydrogen-bond acceptors (Lipinski definition) is 4. The third kappa shape index (κ3) is 4.17. The van der Waals surface area contributed by atoms with Crippen LogP contribution in [0.2, 0.25) is 0 Å². The van der Waals surface area contributed by atoms with Gasteiger partial charge in [-0.1, -0.05) is 45.4 Å². The largest absolute Gasteiger partial charge is 0.427 e. The molecule has 0 unspecified atom stereocenters. The smallest absolute Gasteiger partial charge is 0.311 e. The SMILES string of the molecule is CCCCCCCCCC(=O)Oc1ccc(N2C(=O)[C@@H]3[C@@H]4CC[C@@H](C4)[C@@H]3C2=O)cc1. The number of imide groups is 1. The maximum absolute atomic E-state index is 12.9. The van der Waals surface area contributed by atoms with Gasteiger partial charge >= 0.3 is 5.97 Å². The Hall–Kier alpha value is -2.17. The molecule has 3 fully saturated rings. The minimum atomic E-state index is -0.226. The number of carbonyl (C=O) groups excluding carboxylic acids is 3. The number of hydrogen-bond donors (Lipinski definition) is 0. The lowest BCUT2D eigenvalue weighted by atomic mass is 9.81. The van der Waals surface area contributed by atoms with E-state index >= 15 is 0 Å². The standard InChI is InChI=1S/C25H33NO4/c1-2-3-4-5-6-7-8-9-21(27)30-20-14-12-19(13-15-20)26-24(28)22-17-10-11-18(16-17)23(22)25(26)29/h12-15,17-18,22-23H,2-11,16H2,1H3/t17-,18+,22-,23+. The number of rotatable bonds is 10. The van der Waals surface area contributed by atoms with Gasteiger partial charge in [0.15, 0.2) is 0 Å². The molecule has 0 N–H and O–H groups in total. The van der Waals surface area contributed by atoms with Crippen LogP contribution < -0.4 is 9.64 Å². The number of amides is 2. The highest BCUT2D eigenvalue weighted by molar-refractivity contribution is 6.22. The van der Waals surface area contributed by atoms with Gasteiger partial charge in [0.25, 0.3) is 0 Å². The molecule has 5 nitrogen and oxygen atoms in total. The van der Waals surface area contributed by atoms with Crippen LogP contribution in [0.3, 0.4) is 0 Å². The van der Waals surface area contributed by atoms with Crippen LogP contribution in [0.4, 0.5) is 5.69 Å². The average Bonchev–Trinajstić information content (AvgIpc) is 3.42. The molecule has 2 saturated carbocycles.